The van der Waals surface area contributed by atoms with Crippen LogP contribution in [0.15, 0.2) is 12.2 Å². The van der Waals surface area contributed by atoms with Crippen LogP contribution in [0.25, 0.3) is 0 Å². The van der Waals surface area contributed by atoms with Crippen molar-refractivity contribution in [2.75, 3.05) is 6.54 Å². The second kappa shape index (κ2) is 4.11. The molecule has 0 spiro atoms. The van der Waals surface area contributed by atoms with Crippen LogP contribution < -0.4 is 11.1 Å². The van der Waals surface area contributed by atoms with Crippen molar-refractivity contribution in [3.8, 4) is 0 Å². The van der Waals surface area contributed by atoms with Gasteiger partial charge in [0.1, 0.15) is 0 Å². The SMILES string of the molecule is CC1(C)C(O)CC1NC(=O)/C=C/CN. The molecule has 0 aliphatic heterocycles. The minimum absolute atomic E-state index is 0.0624. The number of aliphatic hydroxyl groups is 1. The van der Waals surface area contributed by atoms with E-state index >= 15 is 0 Å². The van der Waals surface area contributed by atoms with Crippen molar-refractivity contribution in [3.63, 3.8) is 0 Å². The van der Waals surface area contributed by atoms with Crippen LogP contribution in [0.2, 0.25) is 0 Å². The Bertz CT molecular complexity index is 249. The van der Waals surface area contributed by atoms with Gasteiger partial charge >= 0.3 is 0 Å². The van der Waals surface area contributed by atoms with Crippen LogP contribution in [-0.4, -0.2) is 29.7 Å². The van der Waals surface area contributed by atoms with Gasteiger partial charge in [-0.1, -0.05) is 19.9 Å². The van der Waals surface area contributed by atoms with Crippen LogP contribution in [0.3, 0.4) is 0 Å². The summed E-state index contributed by atoms with van der Waals surface area (Å²) < 4.78 is 0. The molecule has 1 aliphatic carbocycles. The van der Waals surface area contributed by atoms with Crippen molar-refractivity contribution in [1.29, 1.82) is 0 Å². The Morgan fingerprint density at radius 3 is 2.79 bits per heavy atom. The van der Waals surface area contributed by atoms with E-state index in [9.17, 15) is 9.90 Å². The van der Waals surface area contributed by atoms with Crippen LogP contribution >= 0.6 is 0 Å². The lowest BCUT2D eigenvalue weighted by Crippen LogP contribution is -2.60. The maximum absolute atomic E-state index is 11.3. The molecule has 4 N–H and O–H groups in total. The maximum Gasteiger partial charge on any atom is 0.243 e. The highest BCUT2D eigenvalue weighted by Gasteiger charge is 2.47. The van der Waals surface area contributed by atoms with Gasteiger partial charge in [-0.25, -0.2) is 0 Å². The fraction of sp³-hybridized carbons (Fsp3) is 0.700. The average molecular weight is 198 g/mol. The van der Waals surface area contributed by atoms with Crippen molar-refractivity contribution in [3.05, 3.63) is 12.2 Å². The molecule has 0 heterocycles. The van der Waals surface area contributed by atoms with Crippen molar-refractivity contribution in [2.24, 2.45) is 11.1 Å². The molecule has 1 amide bonds. The zero-order valence-electron chi connectivity index (χ0n) is 8.66. The van der Waals surface area contributed by atoms with Crippen molar-refractivity contribution >= 4 is 5.91 Å². The van der Waals surface area contributed by atoms with E-state index in [2.05, 4.69) is 5.32 Å². The third-order valence-electron chi connectivity index (χ3n) is 2.94. The molecule has 2 unspecified atom stereocenters. The van der Waals surface area contributed by atoms with Gasteiger partial charge in [0.25, 0.3) is 0 Å². The van der Waals surface area contributed by atoms with E-state index in [1.54, 1.807) is 6.08 Å². The fourth-order valence-electron chi connectivity index (χ4n) is 1.54. The summed E-state index contributed by atoms with van der Waals surface area (Å²) in [5, 5.41) is 12.3. The summed E-state index contributed by atoms with van der Waals surface area (Å²) in [6.45, 7) is 4.25. The predicted octanol–water partition coefficient (Wildman–Crippen LogP) is -0.223. The molecule has 1 fully saturated rings. The number of hydrogen-bond acceptors (Lipinski definition) is 3. The quantitative estimate of drug-likeness (QED) is 0.549. The minimum Gasteiger partial charge on any atom is -0.392 e. The lowest BCUT2D eigenvalue weighted by atomic mass is 9.64. The third-order valence-corrected chi connectivity index (χ3v) is 2.94. The topological polar surface area (TPSA) is 75.3 Å². The zero-order chi connectivity index (χ0) is 10.8. The van der Waals surface area contributed by atoms with Gasteiger partial charge in [0, 0.05) is 24.1 Å². The van der Waals surface area contributed by atoms with E-state index in [0.717, 1.165) is 0 Å². The molecular formula is C10H18N2O2. The van der Waals surface area contributed by atoms with E-state index in [-0.39, 0.29) is 23.5 Å². The van der Waals surface area contributed by atoms with Crippen LogP contribution in [-0.2, 0) is 4.79 Å². The molecule has 2 atom stereocenters. The summed E-state index contributed by atoms with van der Waals surface area (Å²) in [6, 6.07) is 0.0624. The number of rotatable bonds is 3. The van der Waals surface area contributed by atoms with Gasteiger partial charge in [-0.15, -0.1) is 0 Å². The standard InChI is InChI=1S/C10H18N2O2/c1-10(2)7(6-8(10)13)12-9(14)4-3-5-11/h3-4,7-8,13H,5-6,11H2,1-2H3,(H,12,14)/b4-3+. The number of carbonyl (C=O) groups is 1. The van der Waals surface area contributed by atoms with Gasteiger partial charge in [-0.3, -0.25) is 4.79 Å². The van der Waals surface area contributed by atoms with Gasteiger partial charge in [0.05, 0.1) is 6.10 Å². The van der Waals surface area contributed by atoms with Crippen molar-refractivity contribution in [1.82, 2.24) is 5.32 Å². The number of aliphatic hydroxyl groups excluding tert-OH is 1. The van der Waals surface area contributed by atoms with E-state index in [1.807, 2.05) is 13.8 Å². The second-order valence-electron chi connectivity index (χ2n) is 4.27. The summed E-state index contributed by atoms with van der Waals surface area (Å²) in [5.41, 5.74) is 5.01. The molecule has 1 rings (SSSR count). The maximum atomic E-state index is 11.3. The zero-order valence-corrected chi connectivity index (χ0v) is 8.66. The average Bonchev–Trinajstić information content (AvgIpc) is 2.14. The molecule has 4 heteroatoms. The first kappa shape index (κ1) is 11.2. The Morgan fingerprint density at radius 2 is 2.36 bits per heavy atom. The Kier molecular flexibility index (Phi) is 3.29. The smallest absolute Gasteiger partial charge is 0.243 e. The molecule has 0 bridgehead atoms. The molecule has 80 valence electrons. The normalized spacial score (nSPS) is 30.0. The molecule has 0 radical (unpaired) electrons. The summed E-state index contributed by atoms with van der Waals surface area (Å²) in [6.07, 6.45) is 3.36. The monoisotopic (exact) mass is 198 g/mol. The first-order chi connectivity index (χ1) is 6.48. The van der Waals surface area contributed by atoms with Crippen LogP contribution in [0, 0.1) is 5.41 Å². The number of hydrogen-bond donors (Lipinski definition) is 3. The van der Waals surface area contributed by atoms with Crippen LogP contribution in [0.4, 0.5) is 0 Å². The molecule has 0 saturated heterocycles. The molecule has 1 aliphatic rings. The molecule has 4 nitrogen and oxygen atoms in total. The van der Waals surface area contributed by atoms with E-state index in [1.165, 1.54) is 6.08 Å². The van der Waals surface area contributed by atoms with E-state index < -0.39 is 0 Å². The Hall–Kier alpha value is -0.870. The fourth-order valence-corrected chi connectivity index (χ4v) is 1.54. The highest BCUT2D eigenvalue weighted by Crippen LogP contribution is 2.40. The number of nitrogens with one attached hydrogen (secondary N) is 1. The van der Waals surface area contributed by atoms with Gasteiger partial charge in [0.15, 0.2) is 0 Å². The highest BCUT2D eigenvalue weighted by atomic mass is 16.3. The molecule has 0 aromatic carbocycles. The molecular weight excluding hydrogens is 180 g/mol. The molecule has 0 aromatic rings. The van der Waals surface area contributed by atoms with E-state index in [4.69, 9.17) is 5.73 Å². The van der Waals surface area contributed by atoms with Crippen LogP contribution in [0.5, 0.6) is 0 Å². The number of amides is 1. The Morgan fingerprint density at radius 1 is 1.71 bits per heavy atom. The van der Waals surface area contributed by atoms with Crippen LogP contribution in [0.1, 0.15) is 20.3 Å². The second-order valence-corrected chi connectivity index (χ2v) is 4.27. The lowest BCUT2D eigenvalue weighted by Gasteiger charge is -2.49. The Balaban J connectivity index is 2.40. The van der Waals surface area contributed by atoms with E-state index in [0.29, 0.717) is 13.0 Å². The van der Waals surface area contributed by atoms with Gasteiger partial charge < -0.3 is 16.2 Å². The number of nitrogens with two attached hydrogens (primary N) is 1. The van der Waals surface area contributed by atoms with Crippen molar-refractivity contribution < 1.29 is 9.90 Å². The Labute approximate surface area is 84.2 Å². The summed E-state index contributed by atoms with van der Waals surface area (Å²) >= 11 is 0. The molecule has 0 aromatic heterocycles. The van der Waals surface area contributed by atoms with Gasteiger partial charge in [-0.2, -0.15) is 0 Å². The minimum atomic E-state index is -0.314. The third kappa shape index (κ3) is 2.13. The molecule has 1 saturated carbocycles. The lowest BCUT2D eigenvalue weighted by molar-refractivity contribution is -0.124. The molecule has 14 heavy (non-hydrogen) atoms. The largest absolute Gasteiger partial charge is 0.392 e. The van der Waals surface area contributed by atoms with Crippen molar-refractivity contribution in [2.45, 2.75) is 32.4 Å². The van der Waals surface area contributed by atoms with Gasteiger partial charge in [0.2, 0.25) is 5.91 Å². The summed E-state index contributed by atoms with van der Waals surface area (Å²) in [4.78, 5) is 11.3. The summed E-state index contributed by atoms with van der Waals surface area (Å²) in [7, 11) is 0. The number of carbonyl (C=O) groups excluding carboxylic acids is 1. The predicted molar refractivity (Wildman–Crippen MR) is 54.5 cm³/mol. The summed E-state index contributed by atoms with van der Waals surface area (Å²) in [5.74, 6) is -0.138. The van der Waals surface area contributed by atoms with Gasteiger partial charge in [-0.05, 0) is 6.42 Å². The highest BCUT2D eigenvalue weighted by molar-refractivity contribution is 5.87. The first-order valence-electron chi connectivity index (χ1n) is 4.83. The first-order valence-corrected chi connectivity index (χ1v) is 4.83.